The monoisotopic (exact) mass is 309 g/mol. The maximum atomic E-state index is 12.0. The lowest BCUT2D eigenvalue weighted by molar-refractivity contribution is 0.0289. The Morgan fingerprint density at radius 1 is 1.43 bits per heavy atom. The first-order valence-electron chi connectivity index (χ1n) is 7.23. The number of carbonyl (C=O) groups excluding carboxylic acids is 1. The van der Waals surface area contributed by atoms with Crippen molar-refractivity contribution in [2.45, 2.75) is 44.7 Å². The molecule has 2 rings (SSSR count). The molecule has 2 heterocycles. The summed E-state index contributed by atoms with van der Waals surface area (Å²) in [6, 6.07) is 0. The highest BCUT2D eigenvalue weighted by atomic mass is 32.2. The molecule has 1 fully saturated rings. The Morgan fingerprint density at radius 3 is 2.81 bits per heavy atom. The lowest BCUT2D eigenvalue weighted by Gasteiger charge is -2.24. The van der Waals surface area contributed by atoms with Crippen LogP contribution >= 0.6 is 11.8 Å². The van der Waals surface area contributed by atoms with Gasteiger partial charge in [-0.15, -0.1) is 11.8 Å². The fraction of sp³-hybridized carbons (Fsp3) is 0.667. The molecule has 0 aliphatic carbocycles. The van der Waals surface area contributed by atoms with Crippen molar-refractivity contribution in [1.82, 2.24) is 14.9 Å². The molecule has 1 aromatic rings. The van der Waals surface area contributed by atoms with Crippen LogP contribution < -0.4 is 0 Å². The van der Waals surface area contributed by atoms with Crippen molar-refractivity contribution in [3.05, 3.63) is 18.1 Å². The van der Waals surface area contributed by atoms with Crippen molar-refractivity contribution in [1.29, 1.82) is 0 Å². The Balaban J connectivity index is 1.80. The minimum absolute atomic E-state index is 0.203. The Hall–Kier alpha value is -1.30. The van der Waals surface area contributed by atoms with E-state index in [1.165, 1.54) is 0 Å². The minimum atomic E-state index is -0.430. The molecule has 116 valence electrons. The third-order valence-electron chi connectivity index (χ3n) is 3.23. The number of thioether (sulfide) groups is 1. The van der Waals surface area contributed by atoms with E-state index < -0.39 is 5.60 Å². The number of rotatable bonds is 3. The molecule has 1 aromatic heterocycles. The van der Waals surface area contributed by atoms with E-state index in [9.17, 15) is 4.79 Å². The molecule has 5 nitrogen and oxygen atoms in total. The molecule has 6 heteroatoms. The summed E-state index contributed by atoms with van der Waals surface area (Å²) in [4.78, 5) is 22.4. The summed E-state index contributed by atoms with van der Waals surface area (Å²) >= 11 is 1.72. The van der Waals surface area contributed by atoms with Crippen LogP contribution in [0.3, 0.4) is 0 Å². The average molecular weight is 309 g/mol. The summed E-state index contributed by atoms with van der Waals surface area (Å²) < 4.78 is 5.41. The Morgan fingerprint density at radius 2 is 2.14 bits per heavy atom. The summed E-state index contributed by atoms with van der Waals surface area (Å²) in [6.07, 6.45) is 4.24. The molecule has 0 N–H and O–H groups in total. The van der Waals surface area contributed by atoms with Crippen LogP contribution in [-0.4, -0.2) is 45.4 Å². The van der Waals surface area contributed by atoms with Crippen LogP contribution in [0.5, 0.6) is 0 Å². The van der Waals surface area contributed by atoms with Gasteiger partial charge in [-0.3, -0.25) is 4.98 Å². The molecule has 0 aromatic carbocycles. The van der Waals surface area contributed by atoms with Gasteiger partial charge in [-0.25, -0.2) is 9.78 Å². The molecule has 21 heavy (non-hydrogen) atoms. The summed E-state index contributed by atoms with van der Waals surface area (Å²) in [5, 5.41) is 0.980. The first-order chi connectivity index (χ1) is 9.85. The second-order valence-electron chi connectivity index (χ2n) is 6.34. The van der Waals surface area contributed by atoms with E-state index in [4.69, 9.17) is 4.74 Å². The number of nitrogens with zero attached hydrogens (tertiary/aromatic N) is 3. The van der Waals surface area contributed by atoms with Crippen molar-refractivity contribution < 1.29 is 9.53 Å². The number of amides is 1. The highest BCUT2D eigenvalue weighted by Gasteiger charge is 2.29. The van der Waals surface area contributed by atoms with E-state index in [-0.39, 0.29) is 6.09 Å². The first-order valence-corrected chi connectivity index (χ1v) is 8.22. The van der Waals surface area contributed by atoms with Gasteiger partial charge in [0.05, 0.1) is 5.69 Å². The third-order valence-corrected chi connectivity index (χ3v) is 4.54. The number of hydrogen-bond donors (Lipinski definition) is 0. The molecular weight excluding hydrogens is 286 g/mol. The summed E-state index contributed by atoms with van der Waals surface area (Å²) in [7, 11) is 0. The standard InChI is InChI=1S/C15H23N3O2S/c1-11-13(17-7-6-16-11)21-10-12-5-8-18(9-12)14(19)20-15(2,3)4/h6-7,12H,5,8-10H2,1-4H3/t12-/m1/s1. The third kappa shape index (κ3) is 4.88. The van der Waals surface area contributed by atoms with Gasteiger partial charge >= 0.3 is 6.09 Å². The molecule has 1 amide bonds. The van der Waals surface area contributed by atoms with Crippen LogP contribution in [-0.2, 0) is 4.74 Å². The molecule has 0 spiro atoms. The van der Waals surface area contributed by atoms with Crippen LogP contribution in [0.1, 0.15) is 32.9 Å². The molecule has 0 bridgehead atoms. The largest absolute Gasteiger partial charge is 0.444 e. The van der Waals surface area contributed by atoms with Crippen LogP contribution in [0.15, 0.2) is 17.4 Å². The lowest BCUT2D eigenvalue weighted by Crippen LogP contribution is -2.35. The molecule has 0 saturated carbocycles. The number of aryl methyl sites for hydroxylation is 1. The van der Waals surface area contributed by atoms with E-state index in [0.29, 0.717) is 5.92 Å². The van der Waals surface area contributed by atoms with Gasteiger partial charge in [0.1, 0.15) is 10.6 Å². The van der Waals surface area contributed by atoms with Crippen LogP contribution in [0.2, 0.25) is 0 Å². The molecule has 1 aliphatic heterocycles. The molecule has 1 atom stereocenters. The molecule has 0 radical (unpaired) electrons. The SMILES string of the molecule is Cc1nccnc1SC[C@@H]1CCN(C(=O)OC(C)(C)C)C1. The predicted octanol–water partition coefficient (Wildman–Crippen LogP) is 3.13. The highest BCUT2D eigenvalue weighted by Crippen LogP contribution is 2.26. The van der Waals surface area contributed by atoms with Crippen molar-refractivity contribution in [2.24, 2.45) is 5.92 Å². The van der Waals surface area contributed by atoms with E-state index in [0.717, 1.165) is 36.0 Å². The van der Waals surface area contributed by atoms with Gasteiger partial charge in [-0.05, 0) is 40.0 Å². The first kappa shape index (κ1) is 16.1. The predicted molar refractivity (Wildman–Crippen MR) is 83.4 cm³/mol. The maximum absolute atomic E-state index is 12.0. The lowest BCUT2D eigenvalue weighted by atomic mass is 10.2. The zero-order valence-corrected chi connectivity index (χ0v) is 13.9. The average Bonchev–Trinajstić information content (AvgIpc) is 2.85. The van der Waals surface area contributed by atoms with Crippen molar-refractivity contribution in [2.75, 3.05) is 18.8 Å². The van der Waals surface area contributed by atoms with Gasteiger partial charge in [-0.2, -0.15) is 0 Å². The molecule has 1 aliphatic rings. The topological polar surface area (TPSA) is 55.3 Å². The molecule has 1 saturated heterocycles. The zero-order chi connectivity index (χ0) is 15.5. The number of ether oxygens (including phenoxy) is 1. The number of carbonyl (C=O) groups is 1. The fourth-order valence-electron chi connectivity index (χ4n) is 2.19. The van der Waals surface area contributed by atoms with Crippen molar-refractivity contribution in [3.8, 4) is 0 Å². The summed E-state index contributed by atoms with van der Waals surface area (Å²) in [5.41, 5.74) is 0.533. The van der Waals surface area contributed by atoms with Crippen molar-refractivity contribution in [3.63, 3.8) is 0 Å². The Bertz CT molecular complexity index is 502. The van der Waals surface area contributed by atoms with E-state index in [1.807, 2.05) is 27.7 Å². The van der Waals surface area contributed by atoms with Crippen LogP contribution in [0.4, 0.5) is 4.79 Å². The van der Waals surface area contributed by atoms with E-state index in [1.54, 1.807) is 29.1 Å². The number of hydrogen-bond acceptors (Lipinski definition) is 5. The Labute approximate surface area is 130 Å². The summed E-state index contributed by atoms with van der Waals surface area (Å²) in [5.74, 6) is 1.45. The van der Waals surface area contributed by atoms with Gasteiger partial charge in [0.2, 0.25) is 0 Å². The minimum Gasteiger partial charge on any atom is -0.444 e. The zero-order valence-electron chi connectivity index (χ0n) is 13.1. The second-order valence-corrected chi connectivity index (χ2v) is 7.35. The molecule has 0 unspecified atom stereocenters. The highest BCUT2D eigenvalue weighted by molar-refractivity contribution is 7.99. The van der Waals surface area contributed by atoms with Gasteiger partial charge < -0.3 is 9.64 Å². The summed E-state index contributed by atoms with van der Waals surface area (Å²) in [6.45, 7) is 9.19. The van der Waals surface area contributed by atoms with Gasteiger partial charge in [-0.1, -0.05) is 0 Å². The van der Waals surface area contributed by atoms with Gasteiger partial charge in [0.15, 0.2) is 0 Å². The fourth-order valence-corrected chi connectivity index (χ4v) is 3.26. The van der Waals surface area contributed by atoms with Crippen LogP contribution in [0.25, 0.3) is 0 Å². The van der Waals surface area contributed by atoms with Gasteiger partial charge in [0, 0.05) is 31.2 Å². The quantitative estimate of drug-likeness (QED) is 0.803. The molecular formula is C15H23N3O2S. The second kappa shape index (κ2) is 6.64. The van der Waals surface area contributed by atoms with E-state index in [2.05, 4.69) is 9.97 Å². The number of likely N-dealkylation sites (tertiary alicyclic amines) is 1. The maximum Gasteiger partial charge on any atom is 0.410 e. The van der Waals surface area contributed by atoms with E-state index >= 15 is 0 Å². The smallest absolute Gasteiger partial charge is 0.410 e. The Kier molecular flexibility index (Phi) is 5.08. The van der Waals surface area contributed by atoms with Gasteiger partial charge in [0.25, 0.3) is 0 Å². The number of aromatic nitrogens is 2. The van der Waals surface area contributed by atoms with Crippen molar-refractivity contribution >= 4 is 17.9 Å². The normalized spacial score (nSPS) is 18.9. The van der Waals surface area contributed by atoms with Crippen LogP contribution in [0, 0.1) is 12.8 Å².